The minimum absolute atomic E-state index is 0.0186. The van der Waals surface area contributed by atoms with Gasteiger partial charge in [0.15, 0.2) is 0 Å². The Balaban J connectivity index is 1.21. The summed E-state index contributed by atoms with van der Waals surface area (Å²) in [6.07, 6.45) is 1.64. The van der Waals surface area contributed by atoms with E-state index in [1.807, 2.05) is 24.3 Å². The van der Waals surface area contributed by atoms with Gasteiger partial charge in [-0.05, 0) is 22.3 Å². The smallest absolute Gasteiger partial charge is 0.410 e. The second-order valence-electron chi connectivity index (χ2n) is 9.78. The topological polar surface area (TPSA) is 103 Å². The van der Waals surface area contributed by atoms with Gasteiger partial charge in [0.25, 0.3) is 0 Å². The molecule has 9 heteroatoms. The number of rotatable bonds is 5. The van der Waals surface area contributed by atoms with Crippen LogP contribution in [0.2, 0.25) is 0 Å². The second-order valence-corrected chi connectivity index (χ2v) is 9.78. The summed E-state index contributed by atoms with van der Waals surface area (Å²) >= 11 is 0. The SMILES string of the molecule is COc1ncc(C2(O)CC3COCC(C2)N3C(=O)OCC2c3ccccc3-c3ccccc32)c(OC)n1. The van der Waals surface area contributed by atoms with Crippen LogP contribution in [0.4, 0.5) is 4.79 Å². The van der Waals surface area contributed by atoms with E-state index in [-0.39, 0.29) is 55.4 Å². The van der Waals surface area contributed by atoms with Crippen LogP contribution in [0.5, 0.6) is 11.9 Å². The van der Waals surface area contributed by atoms with Gasteiger partial charge in [0.1, 0.15) is 12.2 Å². The van der Waals surface area contributed by atoms with Crippen LogP contribution in [-0.2, 0) is 15.1 Å². The van der Waals surface area contributed by atoms with E-state index in [1.54, 1.807) is 4.90 Å². The normalized spacial score (nSPS) is 24.2. The maximum atomic E-state index is 13.4. The van der Waals surface area contributed by atoms with Crippen molar-refractivity contribution in [2.24, 2.45) is 0 Å². The maximum Gasteiger partial charge on any atom is 0.410 e. The van der Waals surface area contributed by atoms with Crippen molar-refractivity contribution in [1.29, 1.82) is 0 Å². The van der Waals surface area contributed by atoms with E-state index >= 15 is 0 Å². The van der Waals surface area contributed by atoms with Crippen LogP contribution in [0, 0.1) is 0 Å². The summed E-state index contributed by atoms with van der Waals surface area (Å²) in [6, 6.07) is 16.0. The number of piperidine rings is 1. The molecule has 0 spiro atoms. The van der Waals surface area contributed by atoms with Crippen molar-refractivity contribution in [2.45, 2.75) is 36.4 Å². The standard InChI is InChI=1S/C28H29N3O6/c1-34-25-24(13-29-26(30-25)35-2)28(33)11-17-14-36-15-18(12-28)31(17)27(32)37-16-23-21-9-5-3-7-19(21)20-8-4-6-10-22(20)23/h3-10,13,17-18,23,33H,11-12,14-16H2,1-2H3. The first-order chi connectivity index (χ1) is 18.0. The molecule has 2 atom stereocenters. The van der Waals surface area contributed by atoms with Crippen LogP contribution in [-0.4, -0.2) is 72.2 Å². The first-order valence-corrected chi connectivity index (χ1v) is 12.4. The minimum atomic E-state index is -1.28. The van der Waals surface area contributed by atoms with Crippen LogP contribution >= 0.6 is 0 Å². The van der Waals surface area contributed by atoms with Gasteiger partial charge in [-0.3, -0.25) is 4.90 Å². The van der Waals surface area contributed by atoms with Gasteiger partial charge in [0.05, 0.1) is 45.1 Å². The molecule has 2 fully saturated rings. The van der Waals surface area contributed by atoms with E-state index in [2.05, 4.69) is 34.2 Å². The van der Waals surface area contributed by atoms with Crippen LogP contribution in [0.15, 0.2) is 54.7 Å². The molecule has 2 bridgehead atoms. The molecule has 9 nitrogen and oxygen atoms in total. The fourth-order valence-electron chi connectivity index (χ4n) is 6.09. The molecule has 1 amide bonds. The Morgan fingerprint density at radius 2 is 1.65 bits per heavy atom. The second kappa shape index (κ2) is 9.32. The van der Waals surface area contributed by atoms with Gasteiger partial charge in [0, 0.05) is 25.0 Å². The fraction of sp³-hybridized carbons (Fsp3) is 0.393. The Morgan fingerprint density at radius 1 is 1.03 bits per heavy atom. The van der Waals surface area contributed by atoms with E-state index in [9.17, 15) is 9.90 Å². The van der Waals surface area contributed by atoms with Gasteiger partial charge in [-0.15, -0.1) is 0 Å². The first kappa shape index (κ1) is 23.7. The Kier molecular flexibility index (Phi) is 5.97. The number of carbonyl (C=O) groups excluding carboxylic acids is 1. The maximum absolute atomic E-state index is 13.4. The molecule has 2 aromatic carbocycles. The van der Waals surface area contributed by atoms with Gasteiger partial charge >= 0.3 is 12.1 Å². The van der Waals surface area contributed by atoms with Crippen molar-refractivity contribution in [3.05, 3.63) is 71.4 Å². The van der Waals surface area contributed by atoms with Crippen molar-refractivity contribution < 1.29 is 28.8 Å². The molecule has 0 radical (unpaired) electrons. The average Bonchev–Trinajstić information content (AvgIpc) is 3.24. The highest BCUT2D eigenvalue weighted by atomic mass is 16.6. The zero-order chi connectivity index (χ0) is 25.6. The quantitative estimate of drug-likeness (QED) is 0.565. The number of ether oxygens (including phenoxy) is 4. The highest BCUT2D eigenvalue weighted by Gasteiger charge is 2.51. The van der Waals surface area contributed by atoms with E-state index < -0.39 is 5.60 Å². The van der Waals surface area contributed by atoms with Gasteiger partial charge in [-0.1, -0.05) is 48.5 Å². The predicted octanol–water partition coefficient (Wildman–Crippen LogP) is 3.49. The summed E-state index contributed by atoms with van der Waals surface area (Å²) in [5.41, 5.74) is 3.89. The number of fused-ring (bicyclic) bond motifs is 5. The third-order valence-corrected chi connectivity index (χ3v) is 7.71. The average molecular weight is 504 g/mol. The van der Waals surface area contributed by atoms with E-state index in [0.29, 0.717) is 18.8 Å². The number of aromatic nitrogens is 2. The lowest BCUT2D eigenvalue weighted by molar-refractivity contribution is -0.137. The monoisotopic (exact) mass is 503 g/mol. The Hall–Kier alpha value is -3.69. The van der Waals surface area contributed by atoms with Crippen LogP contribution in [0.1, 0.15) is 35.4 Å². The first-order valence-electron chi connectivity index (χ1n) is 12.4. The fourth-order valence-corrected chi connectivity index (χ4v) is 6.09. The van der Waals surface area contributed by atoms with Crippen molar-refractivity contribution in [2.75, 3.05) is 34.0 Å². The molecule has 2 saturated heterocycles. The Morgan fingerprint density at radius 3 is 2.24 bits per heavy atom. The Bertz CT molecular complexity index is 1270. The number of aliphatic hydroxyl groups is 1. The molecular formula is C28H29N3O6. The molecular weight excluding hydrogens is 474 g/mol. The third kappa shape index (κ3) is 3.98. The number of morpholine rings is 1. The van der Waals surface area contributed by atoms with E-state index in [4.69, 9.17) is 18.9 Å². The molecule has 0 saturated carbocycles. The number of hydrogen-bond donors (Lipinski definition) is 1. The van der Waals surface area contributed by atoms with Crippen molar-refractivity contribution >= 4 is 6.09 Å². The zero-order valence-corrected chi connectivity index (χ0v) is 20.8. The number of carbonyl (C=O) groups is 1. The molecule has 2 unspecified atom stereocenters. The van der Waals surface area contributed by atoms with Crippen molar-refractivity contribution in [1.82, 2.24) is 14.9 Å². The number of benzene rings is 2. The molecule has 192 valence electrons. The van der Waals surface area contributed by atoms with Gasteiger partial charge in [-0.2, -0.15) is 4.98 Å². The third-order valence-electron chi connectivity index (χ3n) is 7.71. The summed E-state index contributed by atoms with van der Waals surface area (Å²) in [5.74, 6) is 0.234. The molecule has 3 aliphatic rings. The molecule has 1 N–H and O–H groups in total. The number of methoxy groups -OCH3 is 2. The Labute approximate surface area is 215 Å². The highest BCUT2D eigenvalue weighted by Crippen LogP contribution is 2.46. The van der Waals surface area contributed by atoms with E-state index in [0.717, 1.165) is 0 Å². The summed E-state index contributed by atoms with van der Waals surface area (Å²) < 4.78 is 22.2. The lowest BCUT2D eigenvalue weighted by Gasteiger charge is -2.50. The molecule has 2 aliphatic heterocycles. The van der Waals surface area contributed by atoms with Gasteiger partial charge in [-0.25, -0.2) is 9.78 Å². The number of amides is 1. The largest absolute Gasteiger partial charge is 0.481 e. The van der Waals surface area contributed by atoms with Crippen LogP contribution in [0.25, 0.3) is 11.1 Å². The summed E-state index contributed by atoms with van der Waals surface area (Å²) in [7, 11) is 2.96. The lowest BCUT2D eigenvalue weighted by Crippen LogP contribution is -2.62. The number of nitrogens with zero attached hydrogens (tertiary/aromatic N) is 3. The molecule has 37 heavy (non-hydrogen) atoms. The predicted molar refractivity (Wildman–Crippen MR) is 134 cm³/mol. The van der Waals surface area contributed by atoms with Crippen LogP contribution < -0.4 is 9.47 Å². The highest BCUT2D eigenvalue weighted by molar-refractivity contribution is 5.79. The zero-order valence-electron chi connectivity index (χ0n) is 20.8. The van der Waals surface area contributed by atoms with Gasteiger partial charge < -0.3 is 24.1 Å². The molecule has 3 heterocycles. The molecule has 1 aromatic heterocycles. The molecule has 3 aromatic rings. The lowest BCUT2D eigenvalue weighted by atomic mass is 9.77. The van der Waals surface area contributed by atoms with E-state index in [1.165, 1.54) is 42.7 Å². The van der Waals surface area contributed by atoms with Crippen LogP contribution in [0.3, 0.4) is 0 Å². The van der Waals surface area contributed by atoms with Crippen molar-refractivity contribution in [3.8, 4) is 23.0 Å². The summed E-state index contributed by atoms with van der Waals surface area (Å²) in [4.78, 5) is 23.6. The van der Waals surface area contributed by atoms with Gasteiger partial charge in [0.2, 0.25) is 5.88 Å². The molecule has 1 aliphatic carbocycles. The number of hydrogen-bond acceptors (Lipinski definition) is 8. The summed E-state index contributed by atoms with van der Waals surface area (Å²) in [6.45, 7) is 0.860. The summed E-state index contributed by atoms with van der Waals surface area (Å²) in [5, 5.41) is 11.7. The molecule has 6 rings (SSSR count). The van der Waals surface area contributed by atoms with Crippen molar-refractivity contribution in [3.63, 3.8) is 0 Å². The minimum Gasteiger partial charge on any atom is -0.481 e.